The molecule has 148 valence electrons. The van der Waals surface area contributed by atoms with Crippen LogP contribution in [0.2, 0.25) is 0 Å². The van der Waals surface area contributed by atoms with E-state index < -0.39 is 27.8 Å². The molecule has 1 N–H and O–H groups in total. The third-order valence-electron chi connectivity index (χ3n) is 3.88. The van der Waals surface area contributed by atoms with Gasteiger partial charge in [0, 0.05) is 18.3 Å². The summed E-state index contributed by atoms with van der Waals surface area (Å²) in [6.07, 6.45) is -0.218. The number of hydrogen-bond acceptors (Lipinski definition) is 8. The van der Waals surface area contributed by atoms with Crippen LogP contribution in [0.25, 0.3) is 0 Å². The first-order valence-corrected chi connectivity index (χ1v) is 10.7. The van der Waals surface area contributed by atoms with E-state index in [1.165, 1.54) is 18.2 Å². The van der Waals surface area contributed by atoms with Gasteiger partial charge in [0.2, 0.25) is 5.91 Å². The summed E-state index contributed by atoms with van der Waals surface area (Å²) in [5.41, 5.74) is 0.568. The van der Waals surface area contributed by atoms with E-state index in [4.69, 9.17) is 4.74 Å². The van der Waals surface area contributed by atoms with Crippen molar-refractivity contribution in [3.63, 3.8) is 0 Å². The van der Waals surface area contributed by atoms with Crippen LogP contribution in [0.3, 0.4) is 0 Å². The fourth-order valence-corrected chi connectivity index (χ4v) is 4.94. The van der Waals surface area contributed by atoms with E-state index in [9.17, 15) is 22.8 Å². The Labute approximate surface area is 165 Å². The van der Waals surface area contributed by atoms with Crippen molar-refractivity contribution in [1.82, 2.24) is 9.29 Å². The molecule has 2 heterocycles. The number of amides is 2. The smallest absolute Gasteiger partial charge is 0.311 e. The van der Waals surface area contributed by atoms with Crippen LogP contribution < -0.4 is 5.32 Å². The molecule has 0 unspecified atom stereocenters. The van der Waals surface area contributed by atoms with E-state index in [2.05, 4.69) is 10.3 Å². The van der Waals surface area contributed by atoms with Crippen molar-refractivity contribution in [2.75, 3.05) is 18.5 Å². The molecular formula is C17H17N3O6S2. The minimum absolute atomic E-state index is 0.001000. The Morgan fingerprint density at radius 1 is 1.29 bits per heavy atom. The van der Waals surface area contributed by atoms with E-state index in [1.807, 2.05) is 0 Å². The van der Waals surface area contributed by atoms with Gasteiger partial charge in [0.05, 0.1) is 24.3 Å². The second-order valence-electron chi connectivity index (χ2n) is 5.80. The maximum Gasteiger partial charge on any atom is 0.311 e. The van der Waals surface area contributed by atoms with Gasteiger partial charge >= 0.3 is 5.97 Å². The lowest BCUT2D eigenvalue weighted by Gasteiger charge is -2.14. The number of esters is 1. The van der Waals surface area contributed by atoms with E-state index >= 15 is 0 Å². The summed E-state index contributed by atoms with van der Waals surface area (Å²) in [5, 5.41) is 4.44. The minimum atomic E-state index is -3.94. The summed E-state index contributed by atoms with van der Waals surface area (Å²) in [7, 11) is -3.94. The Balaban J connectivity index is 1.58. The van der Waals surface area contributed by atoms with Crippen molar-refractivity contribution in [2.24, 2.45) is 0 Å². The molecule has 2 amide bonds. The number of rotatable bonds is 7. The molecule has 0 spiro atoms. The summed E-state index contributed by atoms with van der Waals surface area (Å²) in [4.78, 5) is 39.9. The van der Waals surface area contributed by atoms with Crippen LogP contribution in [-0.2, 0) is 30.8 Å². The van der Waals surface area contributed by atoms with Gasteiger partial charge in [-0.2, -0.15) is 0 Å². The molecule has 2 aromatic rings. The van der Waals surface area contributed by atoms with Gasteiger partial charge in [-0.3, -0.25) is 14.4 Å². The Hall–Kier alpha value is -2.79. The summed E-state index contributed by atoms with van der Waals surface area (Å²) < 4.78 is 30.4. The molecule has 1 aliphatic heterocycles. The van der Waals surface area contributed by atoms with Crippen LogP contribution in [0.4, 0.5) is 5.13 Å². The number of ether oxygens (including phenoxy) is 1. The molecule has 9 nitrogen and oxygen atoms in total. The van der Waals surface area contributed by atoms with Crippen molar-refractivity contribution in [3.05, 3.63) is 40.9 Å². The summed E-state index contributed by atoms with van der Waals surface area (Å²) >= 11 is 1.14. The number of anilines is 1. The number of carbonyl (C=O) groups is 3. The van der Waals surface area contributed by atoms with Crippen LogP contribution in [0, 0.1) is 0 Å². The SMILES string of the molecule is CCOC(=O)Cc1csc(NC(=O)CCN2C(=O)c3ccccc3S2(=O)=O)n1. The molecule has 0 bridgehead atoms. The molecule has 11 heteroatoms. The average Bonchev–Trinajstić information content (AvgIpc) is 3.15. The first-order valence-electron chi connectivity index (χ1n) is 8.39. The van der Waals surface area contributed by atoms with Gasteiger partial charge in [-0.1, -0.05) is 12.1 Å². The summed E-state index contributed by atoms with van der Waals surface area (Å²) in [5.74, 6) is -1.55. The molecule has 0 saturated heterocycles. The Morgan fingerprint density at radius 3 is 2.75 bits per heavy atom. The maximum atomic E-state index is 12.4. The predicted molar refractivity (Wildman–Crippen MR) is 100 cm³/mol. The standard InChI is InChI=1S/C17H17N3O6S2/c1-2-26-15(22)9-11-10-27-17(18-11)19-14(21)7-8-20-16(23)12-5-3-4-6-13(12)28(20,24)25/h3-6,10H,2,7-9H2,1H3,(H,18,19,21). The van der Waals surface area contributed by atoms with E-state index in [1.54, 1.807) is 18.4 Å². The third-order valence-corrected chi connectivity index (χ3v) is 6.53. The van der Waals surface area contributed by atoms with E-state index in [0.717, 1.165) is 11.3 Å². The maximum absolute atomic E-state index is 12.4. The van der Waals surface area contributed by atoms with Gasteiger partial charge in [-0.15, -0.1) is 11.3 Å². The normalized spacial score (nSPS) is 14.6. The Morgan fingerprint density at radius 2 is 2.04 bits per heavy atom. The van der Waals surface area contributed by atoms with Gasteiger partial charge < -0.3 is 10.1 Å². The molecule has 3 rings (SSSR count). The molecule has 0 saturated carbocycles. The van der Waals surface area contributed by atoms with Gasteiger partial charge in [-0.05, 0) is 19.1 Å². The molecule has 0 aliphatic carbocycles. The first kappa shape index (κ1) is 20.0. The molecule has 0 atom stereocenters. The molecule has 28 heavy (non-hydrogen) atoms. The van der Waals surface area contributed by atoms with E-state index in [0.29, 0.717) is 10.00 Å². The third kappa shape index (κ3) is 4.04. The topological polar surface area (TPSA) is 123 Å². The van der Waals surface area contributed by atoms with Crippen molar-refractivity contribution in [3.8, 4) is 0 Å². The van der Waals surface area contributed by atoms with Crippen molar-refractivity contribution >= 4 is 44.3 Å². The molecule has 1 aromatic carbocycles. The fraction of sp³-hybridized carbons (Fsp3) is 0.294. The molecule has 0 fully saturated rings. The van der Waals surface area contributed by atoms with Gasteiger partial charge in [0.1, 0.15) is 4.90 Å². The highest BCUT2D eigenvalue weighted by atomic mass is 32.2. The number of nitrogens with zero attached hydrogens (tertiary/aromatic N) is 2. The van der Waals surface area contributed by atoms with Gasteiger partial charge in [0.25, 0.3) is 15.9 Å². The molecule has 1 aromatic heterocycles. The average molecular weight is 423 g/mol. The number of benzene rings is 1. The molecular weight excluding hydrogens is 406 g/mol. The number of sulfonamides is 1. The second kappa shape index (κ2) is 8.07. The zero-order chi connectivity index (χ0) is 20.3. The Bertz CT molecular complexity index is 1030. The van der Waals surface area contributed by atoms with Crippen LogP contribution >= 0.6 is 11.3 Å². The second-order valence-corrected chi connectivity index (χ2v) is 8.49. The highest BCUT2D eigenvalue weighted by Gasteiger charge is 2.40. The number of nitrogens with one attached hydrogen (secondary N) is 1. The van der Waals surface area contributed by atoms with Crippen LogP contribution in [-0.4, -0.2) is 48.6 Å². The largest absolute Gasteiger partial charge is 0.466 e. The summed E-state index contributed by atoms with van der Waals surface area (Å²) in [6, 6.07) is 5.92. The monoisotopic (exact) mass is 423 g/mol. The Kier molecular flexibility index (Phi) is 5.75. The lowest BCUT2D eigenvalue weighted by Crippen LogP contribution is -2.33. The summed E-state index contributed by atoms with van der Waals surface area (Å²) in [6.45, 7) is 1.70. The highest BCUT2D eigenvalue weighted by Crippen LogP contribution is 2.29. The lowest BCUT2D eigenvalue weighted by molar-refractivity contribution is -0.142. The fourth-order valence-electron chi connectivity index (χ4n) is 2.64. The zero-order valence-electron chi connectivity index (χ0n) is 14.9. The van der Waals surface area contributed by atoms with Crippen molar-refractivity contribution in [2.45, 2.75) is 24.7 Å². The van der Waals surface area contributed by atoms with Gasteiger partial charge in [-0.25, -0.2) is 17.7 Å². The van der Waals surface area contributed by atoms with Gasteiger partial charge in [0.15, 0.2) is 5.13 Å². The first-order chi connectivity index (χ1) is 13.3. The number of hydrogen-bond donors (Lipinski definition) is 1. The lowest BCUT2D eigenvalue weighted by atomic mass is 10.2. The van der Waals surface area contributed by atoms with Crippen LogP contribution in [0.5, 0.6) is 0 Å². The zero-order valence-corrected chi connectivity index (χ0v) is 16.5. The minimum Gasteiger partial charge on any atom is -0.466 e. The van der Waals surface area contributed by atoms with Crippen LogP contribution in [0.1, 0.15) is 29.4 Å². The number of aromatic nitrogens is 1. The molecule has 0 radical (unpaired) electrons. The number of fused-ring (bicyclic) bond motifs is 1. The van der Waals surface area contributed by atoms with E-state index in [-0.39, 0.29) is 41.6 Å². The quantitative estimate of drug-likeness (QED) is 0.668. The van der Waals surface area contributed by atoms with Crippen LogP contribution in [0.15, 0.2) is 34.5 Å². The highest BCUT2D eigenvalue weighted by molar-refractivity contribution is 7.90. The predicted octanol–water partition coefficient (Wildman–Crippen LogP) is 1.42. The molecule has 1 aliphatic rings. The number of thiazole rings is 1. The number of carbonyl (C=O) groups excluding carboxylic acids is 3. The van der Waals surface area contributed by atoms with Crippen molar-refractivity contribution in [1.29, 1.82) is 0 Å². The van der Waals surface area contributed by atoms with Crippen molar-refractivity contribution < 1.29 is 27.5 Å².